The molecule has 28 heavy (non-hydrogen) atoms. The Balaban J connectivity index is 1.42. The first-order valence-corrected chi connectivity index (χ1v) is 10.4. The lowest BCUT2D eigenvalue weighted by Gasteiger charge is -2.34. The van der Waals surface area contributed by atoms with Crippen molar-refractivity contribution in [2.24, 2.45) is 0 Å². The number of benzene rings is 1. The van der Waals surface area contributed by atoms with Crippen molar-refractivity contribution in [3.8, 4) is 11.3 Å². The Kier molecular flexibility index (Phi) is 6.01. The highest BCUT2D eigenvalue weighted by Crippen LogP contribution is 2.28. The first kappa shape index (κ1) is 19.1. The molecule has 0 spiro atoms. The Morgan fingerprint density at radius 3 is 2.57 bits per heavy atom. The third-order valence-corrected chi connectivity index (χ3v) is 5.90. The quantitative estimate of drug-likeness (QED) is 0.801. The van der Waals surface area contributed by atoms with Crippen LogP contribution in [0.5, 0.6) is 0 Å². The number of aromatic nitrogens is 1. The van der Waals surface area contributed by atoms with Gasteiger partial charge in [0, 0.05) is 36.8 Å². The Labute approximate surface area is 166 Å². The predicted octanol–water partition coefficient (Wildman–Crippen LogP) is 4.08. The number of pyridine rings is 1. The third kappa shape index (κ3) is 4.58. The first-order chi connectivity index (χ1) is 13.7. The molecule has 1 unspecified atom stereocenters. The van der Waals surface area contributed by atoms with Crippen LogP contribution < -0.4 is 0 Å². The molecule has 0 N–H and O–H groups in total. The topological polar surface area (TPSA) is 36.4 Å². The van der Waals surface area contributed by atoms with Gasteiger partial charge in [-0.15, -0.1) is 0 Å². The van der Waals surface area contributed by atoms with Crippen LogP contribution in [-0.4, -0.2) is 53.4 Å². The molecule has 2 fully saturated rings. The van der Waals surface area contributed by atoms with E-state index in [9.17, 15) is 9.18 Å². The van der Waals surface area contributed by atoms with Gasteiger partial charge in [-0.3, -0.25) is 14.7 Å². The SMILES string of the molecule is O=C(CN1CCCC(c2cccc(-c3ccc(F)cc3)n2)C1)N1CCCCC1. The summed E-state index contributed by atoms with van der Waals surface area (Å²) in [6.07, 6.45) is 5.68. The van der Waals surface area contributed by atoms with E-state index in [4.69, 9.17) is 4.98 Å². The Morgan fingerprint density at radius 1 is 1.00 bits per heavy atom. The van der Waals surface area contributed by atoms with E-state index in [1.165, 1.54) is 18.6 Å². The number of carbonyl (C=O) groups is 1. The van der Waals surface area contributed by atoms with Crippen molar-refractivity contribution >= 4 is 5.91 Å². The molecule has 5 heteroatoms. The molecule has 1 aromatic carbocycles. The molecule has 2 aromatic rings. The van der Waals surface area contributed by atoms with Gasteiger partial charge in [-0.25, -0.2) is 4.39 Å². The summed E-state index contributed by atoms with van der Waals surface area (Å²) in [7, 11) is 0. The summed E-state index contributed by atoms with van der Waals surface area (Å²) in [6.45, 7) is 4.20. The van der Waals surface area contributed by atoms with E-state index in [1.54, 1.807) is 12.1 Å². The fourth-order valence-electron chi connectivity index (χ4n) is 4.34. The Hall–Kier alpha value is -2.27. The molecular weight excluding hydrogens is 353 g/mol. The molecule has 0 bridgehead atoms. The van der Waals surface area contributed by atoms with Gasteiger partial charge in [0.05, 0.1) is 12.2 Å². The summed E-state index contributed by atoms with van der Waals surface area (Å²) >= 11 is 0. The Morgan fingerprint density at radius 2 is 1.79 bits per heavy atom. The van der Waals surface area contributed by atoms with Gasteiger partial charge in [-0.05, 0) is 75.0 Å². The molecule has 1 aromatic heterocycles. The molecule has 4 nitrogen and oxygen atoms in total. The maximum absolute atomic E-state index is 13.2. The van der Waals surface area contributed by atoms with Crippen LogP contribution in [-0.2, 0) is 4.79 Å². The van der Waals surface area contributed by atoms with Crippen LogP contribution in [0.3, 0.4) is 0 Å². The monoisotopic (exact) mass is 381 g/mol. The van der Waals surface area contributed by atoms with Crippen LogP contribution in [0.2, 0.25) is 0 Å². The van der Waals surface area contributed by atoms with Gasteiger partial charge < -0.3 is 4.90 Å². The lowest BCUT2D eigenvalue weighted by atomic mass is 9.93. The van der Waals surface area contributed by atoms with Crippen molar-refractivity contribution < 1.29 is 9.18 Å². The molecule has 0 saturated carbocycles. The van der Waals surface area contributed by atoms with E-state index < -0.39 is 0 Å². The number of halogens is 1. The van der Waals surface area contributed by atoms with Gasteiger partial charge in [0.2, 0.25) is 5.91 Å². The van der Waals surface area contributed by atoms with E-state index in [-0.39, 0.29) is 11.7 Å². The highest BCUT2D eigenvalue weighted by Gasteiger charge is 2.26. The zero-order chi connectivity index (χ0) is 19.3. The number of hydrogen-bond acceptors (Lipinski definition) is 3. The number of piperidine rings is 2. The number of amides is 1. The fraction of sp³-hybridized carbons (Fsp3) is 0.478. The third-order valence-electron chi connectivity index (χ3n) is 5.90. The second kappa shape index (κ2) is 8.82. The van der Waals surface area contributed by atoms with Crippen molar-refractivity contribution in [1.82, 2.24) is 14.8 Å². The molecule has 1 atom stereocenters. The highest BCUT2D eigenvalue weighted by molar-refractivity contribution is 5.78. The maximum Gasteiger partial charge on any atom is 0.236 e. The predicted molar refractivity (Wildman–Crippen MR) is 108 cm³/mol. The lowest BCUT2D eigenvalue weighted by molar-refractivity contribution is -0.133. The summed E-state index contributed by atoms with van der Waals surface area (Å²) < 4.78 is 13.2. The van der Waals surface area contributed by atoms with Crippen LogP contribution in [0.1, 0.15) is 43.7 Å². The summed E-state index contributed by atoms with van der Waals surface area (Å²) in [4.78, 5) is 21.8. The van der Waals surface area contributed by atoms with Crippen molar-refractivity contribution in [2.75, 3.05) is 32.7 Å². The van der Waals surface area contributed by atoms with Crippen LogP contribution in [0.25, 0.3) is 11.3 Å². The molecule has 1 amide bonds. The average molecular weight is 381 g/mol. The Bertz CT molecular complexity index is 802. The standard InChI is InChI=1S/C23H28FN3O/c24-20-11-9-18(10-12-20)21-7-4-8-22(25-21)19-6-5-13-26(16-19)17-23(28)27-14-2-1-3-15-27/h4,7-12,19H,1-3,5-6,13-17H2. The van der Waals surface area contributed by atoms with E-state index >= 15 is 0 Å². The molecule has 2 saturated heterocycles. The van der Waals surface area contributed by atoms with Gasteiger partial charge >= 0.3 is 0 Å². The van der Waals surface area contributed by atoms with Crippen LogP contribution in [0.15, 0.2) is 42.5 Å². The molecule has 0 aliphatic carbocycles. The normalized spacial score (nSPS) is 20.9. The average Bonchev–Trinajstić information content (AvgIpc) is 2.75. The van der Waals surface area contributed by atoms with Crippen molar-refractivity contribution in [2.45, 2.75) is 38.0 Å². The van der Waals surface area contributed by atoms with Crippen molar-refractivity contribution in [1.29, 1.82) is 0 Å². The number of nitrogens with zero attached hydrogens (tertiary/aromatic N) is 3. The lowest BCUT2D eigenvalue weighted by Crippen LogP contribution is -2.45. The van der Waals surface area contributed by atoms with Crippen molar-refractivity contribution in [3.05, 3.63) is 54.0 Å². The smallest absolute Gasteiger partial charge is 0.236 e. The summed E-state index contributed by atoms with van der Waals surface area (Å²) in [5.74, 6) is 0.373. The summed E-state index contributed by atoms with van der Waals surface area (Å²) in [6, 6.07) is 12.6. The van der Waals surface area contributed by atoms with Crippen LogP contribution >= 0.6 is 0 Å². The molecule has 148 valence electrons. The van der Waals surface area contributed by atoms with Crippen LogP contribution in [0.4, 0.5) is 4.39 Å². The largest absolute Gasteiger partial charge is 0.342 e. The molecule has 2 aliphatic heterocycles. The van der Waals surface area contributed by atoms with E-state index in [1.807, 2.05) is 17.0 Å². The minimum absolute atomic E-state index is 0.235. The number of hydrogen-bond donors (Lipinski definition) is 0. The first-order valence-electron chi connectivity index (χ1n) is 10.4. The van der Waals surface area contributed by atoms with Gasteiger partial charge in [0.1, 0.15) is 5.82 Å². The van der Waals surface area contributed by atoms with Crippen molar-refractivity contribution in [3.63, 3.8) is 0 Å². The molecule has 0 radical (unpaired) electrons. The number of carbonyl (C=O) groups excluding carboxylic acids is 1. The van der Waals surface area contributed by atoms with Gasteiger partial charge in [0.15, 0.2) is 0 Å². The zero-order valence-electron chi connectivity index (χ0n) is 16.3. The maximum atomic E-state index is 13.2. The van der Waals surface area contributed by atoms with E-state index in [0.29, 0.717) is 12.5 Å². The van der Waals surface area contributed by atoms with E-state index in [2.05, 4.69) is 11.0 Å². The highest BCUT2D eigenvalue weighted by atomic mass is 19.1. The summed E-state index contributed by atoms with van der Waals surface area (Å²) in [5.41, 5.74) is 2.87. The van der Waals surface area contributed by atoms with Crippen LogP contribution in [0, 0.1) is 5.82 Å². The molecule has 4 rings (SSSR count). The second-order valence-electron chi connectivity index (χ2n) is 7.97. The molecule has 3 heterocycles. The fourth-order valence-corrected chi connectivity index (χ4v) is 4.34. The van der Waals surface area contributed by atoms with Gasteiger partial charge in [-0.2, -0.15) is 0 Å². The van der Waals surface area contributed by atoms with Gasteiger partial charge in [0.25, 0.3) is 0 Å². The molecular formula is C23H28FN3O. The zero-order valence-corrected chi connectivity index (χ0v) is 16.3. The number of rotatable bonds is 4. The molecule has 2 aliphatic rings. The number of likely N-dealkylation sites (tertiary alicyclic amines) is 2. The minimum atomic E-state index is -0.235. The summed E-state index contributed by atoms with van der Waals surface area (Å²) in [5, 5.41) is 0. The van der Waals surface area contributed by atoms with Gasteiger partial charge in [-0.1, -0.05) is 6.07 Å². The second-order valence-corrected chi connectivity index (χ2v) is 7.97. The van der Waals surface area contributed by atoms with E-state index in [0.717, 1.165) is 68.8 Å². The minimum Gasteiger partial charge on any atom is -0.342 e.